The fraction of sp³-hybridized carbons (Fsp3) is 0.611. The first-order valence-corrected chi connectivity index (χ1v) is 18.7. The van der Waals surface area contributed by atoms with Crippen LogP contribution in [-0.2, 0) is 14.9 Å². The molecule has 10 heteroatoms. The number of hydrogen-bond acceptors (Lipinski definition) is 9. The van der Waals surface area contributed by atoms with Crippen LogP contribution in [0.3, 0.4) is 0 Å². The minimum atomic E-state index is 0.0491. The van der Waals surface area contributed by atoms with E-state index in [0.29, 0.717) is 11.1 Å². The fourth-order valence-electron chi connectivity index (χ4n) is 5.55. The summed E-state index contributed by atoms with van der Waals surface area (Å²) in [7, 11) is 3.29. The Hall–Kier alpha value is -2.42. The Kier molecular flexibility index (Phi) is 20.6. The predicted octanol–water partition coefficient (Wildman–Crippen LogP) is 8.45. The minimum Gasteiger partial charge on any atom is -0.468 e. The van der Waals surface area contributed by atoms with E-state index in [0.717, 1.165) is 49.6 Å². The largest absolute Gasteiger partial charge is 0.468 e. The number of unbranched alkanes of at least 4 members (excludes halogenated alkanes) is 7. The Balaban J connectivity index is 0.000000572. The monoisotopic (exact) mass is 672 g/mol. The van der Waals surface area contributed by atoms with Crippen molar-refractivity contribution in [3.8, 4) is 17.7 Å². The van der Waals surface area contributed by atoms with Crippen molar-refractivity contribution in [1.82, 2.24) is 5.32 Å². The fourth-order valence-corrected chi connectivity index (χ4v) is 7.32. The topological polar surface area (TPSA) is 111 Å². The Morgan fingerprint density at radius 2 is 1.61 bits per heavy atom. The predicted molar refractivity (Wildman–Crippen MR) is 194 cm³/mol. The van der Waals surface area contributed by atoms with Gasteiger partial charge in [0.05, 0.1) is 0 Å². The number of nitrogens with one attached hydrogen (secondary N) is 1. The summed E-state index contributed by atoms with van der Waals surface area (Å²) in [5.41, 5.74) is 8.48. The second-order valence-electron chi connectivity index (χ2n) is 11.6. The molecule has 0 amide bonds. The van der Waals surface area contributed by atoms with Crippen molar-refractivity contribution in [2.45, 2.75) is 94.3 Å². The lowest BCUT2D eigenvalue weighted by Crippen LogP contribution is -2.36. The number of nitrogens with zero attached hydrogens (tertiary/aromatic N) is 2. The zero-order valence-electron chi connectivity index (χ0n) is 28.6. The van der Waals surface area contributed by atoms with Crippen molar-refractivity contribution in [3.05, 3.63) is 53.6 Å². The number of fused-ring (bicyclic) bond motifs is 1. The summed E-state index contributed by atoms with van der Waals surface area (Å²) in [6.07, 6.45) is 16.0. The molecule has 1 aliphatic heterocycles. The average Bonchev–Trinajstić information content (AvgIpc) is 3.08. The lowest BCUT2D eigenvalue weighted by molar-refractivity contribution is 0.0508. The first kappa shape index (κ1) is 39.8. The number of amidine groups is 1. The van der Waals surface area contributed by atoms with E-state index in [1.807, 2.05) is 24.2 Å². The van der Waals surface area contributed by atoms with E-state index < -0.39 is 0 Å². The molecule has 2 atom stereocenters. The van der Waals surface area contributed by atoms with Gasteiger partial charge >= 0.3 is 0 Å². The number of nitrogens with two attached hydrogens (primary N) is 1. The molecule has 0 radical (unpaired) electrons. The molecule has 1 aliphatic rings. The molecule has 8 nitrogen and oxygen atoms in total. The zero-order valence-corrected chi connectivity index (χ0v) is 30.3. The first-order valence-electron chi connectivity index (χ1n) is 16.5. The van der Waals surface area contributed by atoms with Crippen molar-refractivity contribution < 1.29 is 18.9 Å². The van der Waals surface area contributed by atoms with Crippen molar-refractivity contribution in [2.75, 3.05) is 52.9 Å². The van der Waals surface area contributed by atoms with Gasteiger partial charge in [0.25, 0.3) is 0 Å². The van der Waals surface area contributed by atoms with Crippen LogP contribution in [-0.4, -0.2) is 58.1 Å². The van der Waals surface area contributed by atoms with Gasteiger partial charge in [-0.15, -0.1) is 11.8 Å². The highest BCUT2D eigenvalue weighted by atomic mass is 32.2. The summed E-state index contributed by atoms with van der Waals surface area (Å²) >= 11 is 3.39. The van der Waals surface area contributed by atoms with E-state index in [4.69, 9.17) is 29.9 Å². The lowest BCUT2D eigenvalue weighted by atomic mass is 9.68. The van der Waals surface area contributed by atoms with E-state index >= 15 is 0 Å². The van der Waals surface area contributed by atoms with Gasteiger partial charge in [-0.1, -0.05) is 88.8 Å². The van der Waals surface area contributed by atoms with Gasteiger partial charge in [-0.25, -0.2) is 0 Å². The molecule has 46 heavy (non-hydrogen) atoms. The number of thioether (sulfide) groups is 2. The maximum absolute atomic E-state index is 8.27. The molecular formula is C36H56N4O4S2. The van der Waals surface area contributed by atoms with Crippen molar-refractivity contribution >= 4 is 28.7 Å². The highest BCUT2D eigenvalue weighted by molar-refractivity contribution is 8.13. The van der Waals surface area contributed by atoms with Crippen LogP contribution in [0.25, 0.3) is 0 Å². The molecule has 0 spiro atoms. The van der Waals surface area contributed by atoms with E-state index in [1.165, 1.54) is 72.7 Å². The van der Waals surface area contributed by atoms with Gasteiger partial charge in [0, 0.05) is 36.8 Å². The van der Waals surface area contributed by atoms with E-state index in [2.05, 4.69) is 66.6 Å². The molecule has 0 fully saturated rings. The van der Waals surface area contributed by atoms with Gasteiger partial charge in [-0.3, -0.25) is 10.3 Å². The van der Waals surface area contributed by atoms with Crippen molar-refractivity contribution in [2.24, 2.45) is 10.7 Å². The summed E-state index contributed by atoms with van der Waals surface area (Å²) in [6, 6.07) is 15.2. The van der Waals surface area contributed by atoms with Crippen LogP contribution in [0.2, 0.25) is 0 Å². The standard InChI is InChI=1S/C29H43NO4S.C7H13N3S/c1-29(23-12-14-24(15-13-23)33-21-31-2)20-35-28-19-25(34-22-32-3)16-17-26(28)27(29)11-9-7-5-4-6-8-10-18-30;1-3-4-5-9-7(11-2)10-6-8/h12-17,19,27H,4-11,18,20-22,30H2,1-3H3;3-5H2,1-2H3,(H,9,10). The zero-order chi connectivity index (χ0) is 33.5. The smallest absolute Gasteiger partial charge is 0.188 e. The molecule has 3 N–H and O–H groups in total. The van der Waals surface area contributed by atoms with Crippen LogP contribution in [0.1, 0.15) is 95.1 Å². The molecule has 0 bridgehead atoms. The number of rotatable bonds is 19. The van der Waals surface area contributed by atoms with Crippen LogP contribution >= 0.6 is 23.5 Å². The van der Waals surface area contributed by atoms with Crippen LogP contribution in [0.4, 0.5) is 0 Å². The molecule has 0 aromatic heterocycles. The summed E-state index contributed by atoms with van der Waals surface area (Å²) in [6.45, 7) is 6.71. The molecule has 0 saturated carbocycles. The van der Waals surface area contributed by atoms with Crippen LogP contribution in [0.15, 0.2) is 52.4 Å². The molecular weight excluding hydrogens is 617 g/mol. The van der Waals surface area contributed by atoms with E-state index in [-0.39, 0.29) is 19.0 Å². The highest BCUT2D eigenvalue weighted by Crippen LogP contribution is 2.52. The molecule has 0 aliphatic carbocycles. The Labute approximate surface area is 286 Å². The minimum absolute atomic E-state index is 0.0491. The van der Waals surface area contributed by atoms with Crippen LogP contribution in [0.5, 0.6) is 11.5 Å². The van der Waals surface area contributed by atoms with Crippen molar-refractivity contribution in [1.29, 1.82) is 5.26 Å². The van der Waals surface area contributed by atoms with Gasteiger partial charge in [0.1, 0.15) is 11.5 Å². The second-order valence-corrected chi connectivity index (χ2v) is 13.4. The first-order chi connectivity index (χ1) is 22.5. The number of ether oxygens (including phenoxy) is 4. The average molecular weight is 673 g/mol. The van der Waals surface area contributed by atoms with Gasteiger partial charge in [-0.2, -0.15) is 5.26 Å². The molecule has 0 saturated heterocycles. The third kappa shape index (κ3) is 13.7. The maximum atomic E-state index is 8.27. The van der Waals surface area contributed by atoms with E-state index in [9.17, 15) is 0 Å². The van der Waals surface area contributed by atoms with E-state index in [1.54, 1.807) is 14.2 Å². The Morgan fingerprint density at radius 1 is 0.978 bits per heavy atom. The Bertz CT molecular complexity index is 1180. The van der Waals surface area contributed by atoms with Gasteiger partial charge in [-0.05, 0) is 73.4 Å². The number of methoxy groups -OCH3 is 2. The lowest BCUT2D eigenvalue weighted by Gasteiger charge is -2.43. The quantitative estimate of drug-likeness (QED) is 0.0379. The molecule has 2 unspecified atom stereocenters. The third-order valence-corrected chi connectivity index (χ3v) is 10.2. The van der Waals surface area contributed by atoms with Crippen LogP contribution < -0.4 is 20.5 Å². The normalized spacial score (nSPS) is 17.3. The third-order valence-electron chi connectivity index (χ3n) is 8.18. The molecule has 3 rings (SSSR count). The summed E-state index contributed by atoms with van der Waals surface area (Å²) in [4.78, 5) is 5.50. The van der Waals surface area contributed by atoms with Gasteiger partial charge in [0.15, 0.2) is 24.9 Å². The number of nitriles is 1. The molecule has 256 valence electrons. The SMILES string of the molecule is CCCCN=C(NC#N)SC.COCOc1ccc(C2(C)CSc3cc(OCOC)ccc3C2CCCCCCCCCN)cc1. The second kappa shape index (κ2) is 23.8. The number of benzene rings is 2. The summed E-state index contributed by atoms with van der Waals surface area (Å²) < 4.78 is 21.5. The highest BCUT2D eigenvalue weighted by Gasteiger charge is 2.41. The molecule has 1 heterocycles. The summed E-state index contributed by atoms with van der Waals surface area (Å²) in [5, 5.41) is 11.5. The van der Waals surface area contributed by atoms with Crippen molar-refractivity contribution in [3.63, 3.8) is 0 Å². The molecule has 2 aromatic rings. The maximum Gasteiger partial charge on any atom is 0.188 e. The van der Waals surface area contributed by atoms with Gasteiger partial charge in [0.2, 0.25) is 0 Å². The van der Waals surface area contributed by atoms with Crippen LogP contribution in [0, 0.1) is 11.5 Å². The van der Waals surface area contributed by atoms with Gasteiger partial charge < -0.3 is 24.7 Å². The number of hydrogen-bond donors (Lipinski definition) is 2. The number of aliphatic imine (C=N–C) groups is 1. The summed E-state index contributed by atoms with van der Waals surface area (Å²) in [5.74, 6) is 3.21. The molecule has 2 aromatic carbocycles. The Morgan fingerprint density at radius 3 is 2.22 bits per heavy atom.